The Balaban J connectivity index is 1.16. The van der Waals surface area contributed by atoms with Crippen LogP contribution < -0.4 is 4.90 Å². The Bertz CT molecular complexity index is 1890. The van der Waals surface area contributed by atoms with E-state index >= 15 is 0 Å². The van der Waals surface area contributed by atoms with Gasteiger partial charge in [-0.05, 0) is 82.3 Å². The van der Waals surface area contributed by atoms with Crippen molar-refractivity contribution in [1.82, 2.24) is 0 Å². The van der Waals surface area contributed by atoms with Gasteiger partial charge in [0.2, 0.25) is 0 Å². The van der Waals surface area contributed by atoms with E-state index in [1.165, 1.54) is 22.3 Å². The number of nitrogens with zero attached hydrogens (tertiary/aromatic N) is 1. The van der Waals surface area contributed by atoms with Crippen LogP contribution in [0.4, 0.5) is 17.1 Å². The first-order valence-electron chi connectivity index (χ1n) is 15.7. The van der Waals surface area contributed by atoms with E-state index < -0.39 is 0 Å². The summed E-state index contributed by atoms with van der Waals surface area (Å²) >= 11 is 0. The topological polar surface area (TPSA) is 3.24 Å². The van der Waals surface area contributed by atoms with Crippen LogP contribution in [0.3, 0.4) is 0 Å². The van der Waals surface area contributed by atoms with Crippen molar-refractivity contribution in [2.24, 2.45) is 0 Å². The first-order valence-corrected chi connectivity index (χ1v) is 15.7. The van der Waals surface area contributed by atoms with E-state index in [-0.39, 0.29) is 0 Å². The third-order valence-corrected chi connectivity index (χ3v) is 7.80. The zero-order valence-corrected chi connectivity index (χ0v) is 26.1. The lowest BCUT2D eigenvalue weighted by atomic mass is 9.97. The van der Waals surface area contributed by atoms with E-state index in [4.69, 9.17) is 0 Å². The Morgan fingerprint density at radius 3 is 1.22 bits per heavy atom. The molecule has 6 aromatic rings. The number of allylic oxidation sites excluding steroid dienone is 3. The van der Waals surface area contributed by atoms with Crippen molar-refractivity contribution in [2.75, 3.05) is 4.90 Å². The Morgan fingerprint density at radius 2 is 0.761 bits per heavy atom. The lowest BCUT2D eigenvalue weighted by molar-refractivity contribution is 1.28. The first-order chi connectivity index (χ1) is 22.8. The predicted molar refractivity (Wildman–Crippen MR) is 200 cm³/mol. The lowest BCUT2D eigenvalue weighted by Gasteiger charge is -2.25. The molecule has 0 saturated heterocycles. The van der Waals surface area contributed by atoms with Crippen LogP contribution in [-0.4, -0.2) is 0 Å². The number of hydrogen-bond donors (Lipinski definition) is 0. The molecular formula is C45H37N. The first kappa shape index (κ1) is 30.1. The molecule has 0 saturated carbocycles. The van der Waals surface area contributed by atoms with Crippen LogP contribution >= 0.6 is 0 Å². The number of rotatable bonds is 10. The fourth-order valence-electron chi connectivity index (χ4n) is 5.45. The smallest absolute Gasteiger partial charge is 0.0462 e. The molecule has 0 aliphatic heterocycles. The molecule has 0 atom stereocenters. The maximum atomic E-state index is 2.29. The molecule has 222 valence electrons. The van der Waals surface area contributed by atoms with Crippen molar-refractivity contribution in [3.05, 3.63) is 215 Å². The fourth-order valence-corrected chi connectivity index (χ4v) is 5.45. The van der Waals surface area contributed by atoms with Crippen molar-refractivity contribution >= 4 is 46.9 Å². The summed E-state index contributed by atoms with van der Waals surface area (Å²) in [6, 6.07) is 57.6. The maximum absolute atomic E-state index is 2.29. The van der Waals surface area contributed by atoms with E-state index in [9.17, 15) is 0 Å². The molecule has 0 spiro atoms. The van der Waals surface area contributed by atoms with Gasteiger partial charge in [-0.25, -0.2) is 0 Å². The minimum Gasteiger partial charge on any atom is -0.311 e. The highest BCUT2D eigenvalue weighted by molar-refractivity contribution is 5.82. The second-order valence-corrected chi connectivity index (χ2v) is 11.0. The molecule has 0 aliphatic carbocycles. The summed E-state index contributed by atoms with van der Waals surface area (Å²) in [7, 11) is 0. The molecule has 1 heteroatoms. The van der Waals surface area contributed by atoms with Crippen LogP contribution in [0.25, 0.3) is 29.9 Å². The van der Waals surface area contributed by atoms with Crippen molar-refractivity contribution in [1.29, 1.82) is 0 Å². The maximum Gasteiger partial charge on any atom is 0.0462 e. The van der Waals surface area contributed by atoms with E-state index in [2.05, 4.69) is 211 Å². The summed E-state index contributed by atoms with van der Waals surface area (Å²) < 4.78 is 0. The van der Waals surface area contributed by atoms with E-state index in [1.807, 2.05) is 6.92 Å². The van der Waals surface area contributed by atoms with E-state index in [1.54, 1.807) is 0 Å². The molecule has 0 radical (unpaired) electrons. The zero-order valence-electron chi connectivity index (χ0n) is 26.1. The van der Waals surface area contributed by atoms with Gasteiger partial charge in [-0.15, -0.1) is 0 Å². The van der Waals surface area contributed by atoms with Crippen LogP contribution in [0.1, 0.15) is 40.3 Å². The third-order valence-electron chi connectivity index (χ3n) is 7.80. The van der Waals surface area contributed by atoms with Gasteiger partial charge in [0, 0.05) is 17.1 Å². The summed E-state index contributed by atoms with van der Waals surface area (Å²) in [5.41, 5.74) is 11.7. The average molecular weight is 592 g/mol. The van der Waals surface area contributed by atoms with Gasteiger partial charge in [-0.2, -0.15) is 0 Å². The zero-order chi connectivity index (χ0) is 31.4. The highest BCUT2D eigenvalue weighted by atomic mass is 15.1. The SMILES string of the molecule is CC=Cc1ccc(N(c2ccccc2)c2ccc(C=Cc3ccc(C=CC=C(c4ccccc4)c4ccccc4)cc3)cc2)cc1. The Morgan fingerprint density at radius 1 is 0.391 bits per heavy atom. The highest BCUT2D eigenvalue weighted by Crippen LogP contribution is 2.34. The number of anilines is 3. The third kappa shape index (κ3) is 7.77. The number of hydrogen-bond acceptors (Lipinski definition) is 1. The highest BCUT2D eigenvalue weighted by Gasteiger charge is 2.12. The van der Waals surface area contributed by atoms with Crippen LogP contribution in [-0.2, 0) is 0 Å². The van der Waals surface area contributed by atoms with Gasteiger partial charge in [0.05, 0.1) is 0 Å². The van der Waals surface area contributed by atoms with Crippen molar-refractivity contribution in [3.63, 3.8) is 0 Å². The quantitative estimate of drug-likeness (QED) is 0.113. The van der Waals surface area contributed by atoms with Crippen molar-refractivity contribution in [3.8, 4) is 0 Å². The lowest BCUT2D eigenvalue weighted by Crippen LogP contribution is -2.09. The van der Waals surface area contributed by atoms with Crippen LogP contribution in [0.5, 0.6) is 0 Å². The molecule has 0 heterocycles. The predicted octanol–water partition coefficient (Wildman–Crippen LogP) is 12.5. The summed E-state index contributed by atoms with van der Waals surface area (Å²) in [5.74, 6) is 0. The fraction of sp³-hybridized carbons (Fsp3) is 0.0222. The van der Waals surface area contributed by atoms with Gasteiger partial charge in [-0.1, -0.05) is 170 Å². The standard InChI is InChI=1S/C45H37N/c1-2-13-36-28-32-43(33-29-36)46(42-19-10-5-11-20-42)44-34-30-39(31-35-44)27-26-38-24-22-37(23-25-38)14-12-21-45(40-15-6-3-7-16-40)41-17-8-4-9-18-41/h2-35H,1H3. The molecule has 0 amide bonds. The summed E-state index contributed by atoms with van der Waals surface area (Å²) in [5, 5.41) is 0. The number of para-hydroxylation sites is 1. The Kier molecular flexibility index (Phi) is 9.95. The normalized spacial score (nSPS) is 11.3. The summed E-state index contributed by atoms with van der Waals surface area (Å²) in [4.78, 5) is 2.29. The minimum atomic E-state index is 1.12. The monoisotopic (exact) mass is 591 g/mol. The molecule has 6 aromatic carbocycles. The largest absolute Gasteiger partial charge is 0.311 e. The molecular weight excluding hydrogens is 555 g/mol. The molecule has 0 unspecified atom stereocenters. The van der Waals surface area contributed by atoms with Gasteiger partial charge in [0.25, 0.3) is 0 Å². The second kappa shape index (κ2) is 15.2. The summed E-state index contributed by atoms with van der Waals surface area (Å²) in [6.07, 6.45) is 15.0. The van der Waals surface area contributed by atoms with Crippen molar-refractivity contribution in [2.45, 2.75) is 6.92 Å². The van der Waals surface area contributed by atoms with Gasteiger partial charge < -0.3 is 4.90 Å². The molecule has 0 fully saturated rings. The van der Waals surface area contributed by atoms with Crippen LogP contribution in [0, 0.1) is 0 Å². The Hall–Kier alpha value is -5.92. The van der Waals surface area contributed by atoms with E-state index in [0.29, 0.717) is 0 Å². The number of benzene rings is 6. The van der Waals surface area contributed by atoms with Crippen molar-refractivity contribution < 1.29 is 0 Å². The van der Waals surface area contributed by atoms with E-state index in [0.717, 1.165) is 33.8 Å². The molecule has 1 nitrogen and oxygen atoms in total. The molecule has 0 aromatic heterocycles. The molecule has 6 rings (SSSR count). The van der Waals surface area contributed by atoms with Gasteiger partial charge in [0.15, 0.2) is 0 Å². The van der Waals surface area contributed by atoms with Crippen LogP contribution in [0.15, 0.2) is 182 Å². The van der Waals surface area contributed by atoms with Gasteiger partial charge >= 0.3 is 0 Å². The van der Waals surface area contributed by atoms with Crippen LogP contribution in [0.2, 0.25) is 0 Å². The molecule has 46 heavy (non-hydrogen) atoms. The Labute approximate surface area is 273 Å². The molecule has 0 N–H and O–H groups in total. The van der Waals surface area contributed by atoms with Gasteiger partial charge in [0.1, 0.15) is 0 Å². The average Bonchev–Trinajstić information content (AvgIpc) is 3.12. The summed E-state index contributed by atoms with van der Waals surface area (Å²) in [6.45, 7) is 2.04. The van der Waals surface area contributed by atoms with Gasteiger partial charge in [-0.3, -0.25) is 0 Å². The second-order valence-electron chi connectivity index (χ2n) is 11.0. The molecule has 0 bridgehead atoms. The molecule has 0 aliphatic rings. The minimum absolute atomic E-state index is 1.12.